The largest absolute Gasteiger partial charge is 0.472 e. The fourth-order valence-corrected chi connectivity index (χ4v) is 8.17. The molecule has 7 aromatic carbocycles. The van der Waals surface area contributed by atoms with Gasteiger partial charge < -0.3 is 4.74 Å². The molecule has 0 spiro atoms. The molecule has 2 nitrogen and oxygen atoms in total. The Bertz CT molecular complexity index is 2480. The van der Waals surface area contributed by atoms with E-state index in [2.05, 4.69) is 178 Å². The van der Waals surface area contributed by atoms with Gasteiger partial charge in [-0.15, -0.1) is 0 Å². The summed E-state index contributed by atoms with van der Waals surface area (Å²) >= 11 is 0. The summed E-state index contributed by atoms with van der Waals surface area (Å²) < 4.78 is 7.47. The van der Waals surface area contributed by atoms with Crippen molar-refractivity contribution in [2.45, 2.75) is 24.9 Å². The van der Waals surface area contributed by atoms with Crippen molar-refractivity contribution in [3.05, 3.63) is 191 Å². The first-order valence-corrected chi connectivity index (χ1v) is 16.8. The number of nitrogens with zero attached hydrogens (tertiary/aromatic N) is 1. The van der Waals surface area contributed by atoms with Gasteiger partial charge in [0.25, 0.3) is 0 Å². The zero-order valence-corrected chi connectivity index (χ0v) is 27.4. The molecule has 0 amide bonds. The molecule has 7 aromatic rings. The number of nitriles is 1. The average molecular weight is 628 g/mol. The van der Waals surface area contributed by atoms with Crippen molar-refractivity contribution in [2.24, 2.45) is 0 Å². The van der Waals surface area contributed by atoms with Crippen LogP contribution in [0.15, 0.2) is 158 Å². The maximum Gasteiger partial charge on any atom is 0.178 e. The normalized spacial score (nSPS) is 16.7. The van der Waals surface area contributed by atoms with E-state index in [1.165, 1.54) is 38.9 Å². The molecular weight excluding hydrogens is 595 g/mol. The first kappa shape index (κ1) is 29.0. The molecule has 0 saturated carbocycles. The van der Waals surface area contributed by atoms with Gasteiger partial charge in [0.2, 0.25) is 0 Å². The summed E-state index contributed by atoms with van der Waals surface area (Å²) in [6.07, 6.45) is 4.53. The van der Waals surface area contributed by atoms with Crippen molar-refractivity contribution < 1.29 is 4.74 Å². The predicted molar refractivity (Wildman–Crippen MR) is 200 cm³/mol. The fourth-order valence-electron chi connectivity index (χ4n) is 8.17. The van der Waals surface area contributed by atoms with Gasteiger partial charge in [0.1, 0.15) is 5.75 Å². The highest BCUT2D eigenvalue weighted by Crippen LogP contribution is 2.58. The zero-order valence-electron chi connectivity index (χ0n) is 27.4. The highest BCUT2D eigenvalue weighted by atomic mass is 16.5. The fraction of sp³-hybridized carbons (Fsp3) is 0.0851. The summed E-state index contributed by atoms with van der Waals surface area (Å²) in [6.45, 7) is 4.54. The monoisotopic (exact) mass is 627 g/mol. The van der Waals surface area contributed by atoms with Crippen molar-refractivity contribution in [3.63, 3.8) is 0 Å². The third kappa shape index (κ3) is 4.33. The van der Waals surface area contributed by atoms with Crippen LogP contribution in [0.2, 0.25) is 0 Å². The lowest BCUT2D eigenvalue weighted by molar-refractivity contribution is 0.163. The number of benzene rings is 7. The lowest BCUT2D eigenvalue weighted by Gasteiger charge is -2.38. The molecular formula is C47H33NO. The van der Waals surface area contributed by atoms with Gasteiger partial charge >= 0.3 is 0 Å². The van der Waals surface area contributed by atoms with Crippen LogP contribution in [0.5, 0.6) is 5.75 Å². The molecule has 1 aliphatic heterocycles. The maximum atomic E-state index is 9.76. The lowest BCUT2D eigenvalue weighted by Crippen LogP contribution is -2.35. The summed E-state index contributed by atoms with van der Waals surface area (Å²) in [6, 6.07) is 55.7. The Morgan fingerprint density at radius 3 is 1.86 bits per heavy atom. The summed E-state index contributed by atoms with van der Waals surface area (Å²) in [4.78, 5) is 0. The molecule has 0 bridgehead atoms. The van der Waals surface area contributed by atoms with E-state index in [1.54, 1.807) is 0 Å². The molecule has 2 aliphatic rings. The molecule has 1 atom stereocenters. The predicted octanol–water partition coefficient (Wildman–Crippen LogP) is 11.7. The van der Waals surface area contributed by atoms with Crippen LogP contribution in [0, 0.1) is 11.3 Å². The van der Waals surface area contributed by atoms with E-state index in [0.29, 0.717) is 5.56 Å². The van der Waals surface area contributed by atoms with E-state index < -0.39 is 5.60 Å². The highest BCUT2D eigenvalue weighted by Gasteiger charge is 2.44. The van der Waals surface area contributed by atoms with Crippen LogP contribution in [-0.2, 0) is 11.0 Å². The van der Waals surface area contributed by atoms with Crippen LogP contribution < -0.4 is 4.74 Å². The minimum absolute atomic E-state index is 0.320. The first-order valence-electron chi connectivity index (χ1n) is 16.8. The van der Waals surface area contributed by atoms with Crippen LogP contribution in [0.25, 0.3) is 50.2 Å². The number of fused-ring (bicyclic) bond motifs is 8. The lowest BCUT2D eigenvalue weighted by atomic mass is 9.76. The van der Waals surface area contributed by atoms with Crippen molar-refractivity contribution in [1.82, 2.24) is 0 Å². The molecule has 232 valence electrons. The van der Waals surface area contributed by atoms with Gasteiger partial charge in [-0.3, -0.25) is 0 Å². The second-order valence-corrected chi connectivity index (χ2v) is 13.6. The van der Waals surface area contributed by atoms with Crippen LogP contribution >= 0.6 is 0 Å². The number of rotatable bonds is 4. The summed E-state index contributed by atoms with van der Waals surface area (Å²) in [7, 11) is 0. The van der Waals surface area contributed by atoms with Gasteiger partial charge in [0, 0.05) is 27.5 Å². The van der Waals surface area contributed by atoms with Crippen LogP contribution in [0.1, 0.15) is 47.2 Å². The smallest absolute Gasteiger partial charge is 0.178 e. The van der Waals surface area contributed by atoms with E-state index >= 15 is 0 Å². The van der Waals surface area contributed by atoms with Gasteiger partial charge in [-0.25, -0.2) is 0 Å². The summed E-state index contributed by atoms with van der Waals surface area (Å²) in [5, 5.41) is 12.0. The molecule has 1 aliphatic carbocycles. The molecule has 1 heterocycles. The van der Waals surface area contributed by atoms with Gasteiger partial charge in [0.05, 0.1) is 11.6 Å². The second kappa shape index (κ2) is 10.9. The zero-order chi connectivity index (χ0) is 33.2. The molecule has 0 N–H and O–H groups in total. The molecule has 0 radical (unpaired) electrons. The Hall–Kier alpha value is -6.17. The molecule has 1 unspecified atom stereocenters. The van der Waals surface area contributed by atoms with E-state index in [4.69, 9.17) is 4.74 Å². The molecule has 9 rings (SSSR count). The van der Waals surface area contributed by atoms with E-state index in [1.807, 2.05) is 6.07 Å². The average Bonchev–Trinajstić information content (AvgIpc) is 3.41. The Balaban J connectivity index is 1.23. The van der Waals surface area contributed by atoms with Crippen molar-refractivity contribution >= 4 is 16.8 Å². The molecule has 49 heavy (non-hydrogen) atoms. The van der Waals surface area contributed by atoms with Gasteiger partial charge in [-0.1, -0.05) is 159 Å². The Labute approximate surface area is 287 Å². The van der Waals surface area contributed by atoms with Crippen LogP contribution in [0.3, 0.4) is 0 Å². The first-order chi connectivity index (χ1) is 24.0. The van der Waals surface area contributed by atoms with Gasteiger partial charge in [-0.2, -0.15) is 5.26 Å². The Morgan fingerprint density at radius 2 is 1.16 bits per heavy atom. The summed E-state index contributed by atoms with van der Waals surface area (Å²) in [5.41, 5.74) is 12.4. The van der Waals surface area contributed by atoms with Crippen molar-refractivity contribution in [1.29, 1.82) is 5.26 Å². The molecule has 0 aromatic heterocycles. The van der Waals surface area contributed by atoms with Crippen molar-refractivity contribution in [3.8, 4) is 45.2 Å². The van der Waals surface area contributed by atoms with Crippen molar-refractivity contribution in [2.75, 3.05) is 0 Å². The highest BCUT2D eigenvalue weighted by molar-refractivity contribution is 6.08. The molecule has 0 fully saturated rings. The SMILES string of the molecule is CC1(C)c2cc(C#N)ccc2-c2c1c1c(c3ccccc23)OC(c2ccccc2)(c2ccc(-c3ccccc3-c3ccccc3)cc2)C=C1. The Morgan fingerprint density at radius 1 is 0.571 bits per heavy atom. The second-order valence-electron chi connectivity index (χ2n) is 13.6. The summed E-state index contributed by atoms with van der Waals surface area (Å²) in [5.74, 6) is 0.889. The topological polar surface area (TPSA) is 33.0 Å². The number of hydrogen-bond acceptors (Lipinski definition) is 2. The van der Waals surface area contributed by atoms with E-state index in [0.717, 1.165) is 38.8 Å². The minimum atomic E-state index is -0.841. The van der Waals surface area contributed by atoms with Crippen LogP contribution in [0.4, 0.5) is 0 Å². The van der Waals surface area contributed by atoms with E-state index in [-0.39, 0.29) is 5.41 Å². The van der Waals surface area contributed by atoms with Gasteiger partial charge in [-0.05, 0) is 68.1 Å². The standard InChI is InChI=1S/C47H33NO/c1-46(2)42-29-31(30-48)21-26-40(42)43-38-19-11-12-20-39(38)45-41(44(43)46)27-28-47(49-45,34-15-7-4-8-16-34)35-24-22-33(23-25-35)37-18-10-9-17-36(37)32-13-5-3-6-14-32/h3-29H,1-2H3. The number of hydrogen-bond donors (Lipinski definition) is 0. The van der Waals surface area contributed by atoms with E-state index in [9.17, 15) is 5.26 Å². The third-order valence-corrected chi connectivity index (χ3v) is 10.5. The minimum Gasteiger partial charge on any atom is -0.472 e. The maximum absolute atomic E-state index is 9.76. The molecule has 0 saturated heterocycles. The van der Waals surface area contributed by atoms with Crippen LogP contribution in [-0.4, -0.2) is 0 Å². The van der Waals surface area contributed by atoms with Gasteiger partial charge in [0.15, 0.2) is 5.60 Å². The third-order valence-electron chi connectivity index (χ3n) is 10.5. The molecule has 2 heteroatoms. The quantitative estimate of drug-likeness (QED) is 0.194. The Kier molecular flexibility index (Phi) is 6.48. The number of ether oxygens (including phenoxy) is 1.